The molecule has 1 heterocycles. The topological polar surface area (TPSA) is 61.6 Å². The van der Waals surface area contributed by atoms with Crippen molar-refractivity contribution in [2.24, 2.45) is 10.1 Å². The van der Waals surface area contributed by atoms with E-state index in [2.05, 4.69) is 11.2 Å². The summed E-state index contributed by atoms with van der Waals surface area (Å²) in [6.07, 6.45) is 0.148. The molecule has 0 amide bonds. The summed E-state index contributed by atoms with van der Waals surface area (Å²) >= 11 is 0. The van der Waals surface area contributed by atoms with E-state index in [1.807, 2.05) is 37.3 Å². The predicted molar refractivity (Wildman–Crippen MR) is 152 cm³/mol. The number of aliphatic imine (C=N–C) groups is 1. The van der Waals surface area contributed by atoms with Gasteiger partial charge in [-0.1, -0.05) is 48.3 Å². The second kappa shape index (κ2) is 12.2. The van der Waals surface area contributed by atoms with Gasteiger partial charge in [0.1, 0.15) is 12.4 Å². The summed E-state index contributed by atoms with van der Waals surface area (Å²) in [5.74, 6) is 1.93. The Labute approximate surface area is 237 Å². The van der Waals surface area contributed by atoms with Gasteiger partial charge >= 0.3 is 6.18 Å². The fourth-order valence-corrected chi connectivity index (χ4v) is 5.52. The highest BCUT2D eigenvalue weighted by atomic mass is 19.4. The van der Waals surface area contributed by atoms with Crippen LogP contribution >= 0.6 is 0 Å². The number of oxime groups is 1. The van der Waals surface area contributed by atoms with Crippen molar-refractivity contribution in [3.8, 4) is 17.2 Å². The molecule has 0 bridgehead atoms. The van der Waals surface area contributed by atoms with E-state index < -0.39 is 11.7 Å². The Kier molecular flexibility index (Phi) is 8.52. The van der Waals surface area contributed by atoms with E-state index in [4.69, 9.17) is 24.0 Å². The summed E-state index contributed by atoms with van der Waals surface area (Å²) in [5.41, 5.74) is 5.09. The van der Waals surface area contributed by atoms with Gasteiger partial charge in [-0.3, -0.25) is 4.99 Å². The quantitative estimate of drug-likeness (QED) is 0.154. The molecule has 0 radical (unpaired) electrons. The van der Waals surface area contributed by atoms with Crippen molar-refractivity contribution in [1.29, 1.82) is 0 Å². The summed E-state index contributed by atoms with van der Waals surface area (Å²) in [5, 5.41) is 4.15. The van der Waals surface area contributed by atoms with Gasteiger partial charge in [0, 0.05) is 17.0 Å². The van der Waals surface area contributed by atoms with Gasteiger partial charge in [-0.05, 0) is 61.2 Å². The molecule has 41 heavy (non-hydrogen) atoms. The number of hydrogen-bond acceptors (Lipinski definition) is 6. The molecule has 1 aliphatic heterocycles. The first-order valence-corrected chi connectivity index (χ1v) is 13.7. The minimum absolute atomic E-state index is 0.0622. The molecule has 0 N–H and O–H groups in total. The highest BCUT2D eigenvalue weighted by molar-refractivity contribution is 6.15. The molecular formula is C32H33F3N2O4. The van der Waals surface area contributed by atoms with Crippen molar-refractivity contribution in [3.63, 3.8) is 0 Å². The summed E-state index contributed by atoms with van der Waals surface area (Å²) < 4.78 is 55.2. The third kappa shape index (κ3) is 6.34. The Morgan fingerprint density at radius 2 is 1.66 bits per heavy atom. The van der Waals surface area contributed by atoms with Crippen LogP contribution in [0.5, 0.6) is 17.2 Å². The number of rotatable bonds is 9. The van der Waals surface area contributed by atoms with Gasteiger partial charge < -0.3 is 19.0 Å². The van der Waals surface area contributed by atoms with Gasteiger partial charge in [-0.15, -0.1) is 0 Å². The van der Waals surface area contributed by atoms with E-state index >= 15 is 0 Å². The lowest BCUT2D eigenvalue weighted by Gasteiger charge is -2.35. The van der Waals surface area contributed by atoms with Crippen LogP contribution in [0, 0.1) is 0 Å². The maximum atomic E-state index is 12.9. The minimum atomic E-state index is -4.42. The zero-order chi connectivity index (χ0) is 29.0. The van der Waals surface area contributed by atoms with Crippen molar-refractivity contribution in [1.82, 2.24) is 0 Å². The second-order valence-electron chi connectivity index (χ2n) is 10.2. The third-order valence-corrected chi connectivity index (χ3v) is 7.62. The Balaban J connectivity index is 1.26. The van der Waals surface area contributed by atoms with Crippen molar-refractivity contribution in [3.05, 3.63) is 88.5 Å². The molecule has 2 atom stereocenters. The van der Waals surface area contributed by atoms with Gasteiger partial charge in [0.15, 0.2) is 18.1 Å². The maximum Gasteiger partial charge on any atom is 0.416 e. The van der Waals surface area contributed by atoms with Crippen molar-refractivity contribution < 1.29 is 32.2 Å². The molecule has 216 valence electrons. The Morgan fingerprint density at radius 1 is 0.927 bits per heavy atom. The van der Waals surface area contributed by atoms with Crippen LogP contribution in [0.15, 0.2) is 70.8 Å². The highest BCUT2D eigenvalue weighted by Gasteiger charge is 2.34. The number of halogens is 3. The van der Waals surface area contributed by atoms with Crippen molar-refractivity contribution >= 4 is 11.4 Å². The first-order valence-electron chi connectivity index (χ1n) is 13.7. The molecule has 6 nitrogen and oxygen atoms in total. The molecule has 0 spiro atoms. The van der Waals surface area contributed by atoms with Crippen molar-refractivity contribution in [2.45, 2.75) is 50.7 Å². The maximum absolute atomic E-state index is 12.9. The molecule has 1 fully saturated rings. The number of alkyl halides is 3. The van der Waals surface area contributed by atoms with Gasteiger partial charge in [0.05, 0.1) is 37.2 Å². The summed E-state index contributed by atoms with van der Waals surface area (Å²) in [4.78, 5) is 10.6. The second-order valence-corrected chi connectivity index (χ2v) is 10.2. The lowest BCUT2D eigenvalue weighted by Crippen LogP contribution is -2.29. The van der Waals surface area contributed by atoms with E-state index in [1.54, 1.807) is 14.2 Å². The number of benzene rings is 3. The fraction of sp³-hybridized carbons (Fsp3) is 0.375. The first-order chi connectivity index (χ1) is 19.8. The SMILES string of the molecule is COc1cc2c(cc1OC)[C@H]1CCCC[C@H]1N=C2c1ccc(C(C)=NOCCOc2cccc(C(F)(F)F)c2)cc1. The van der Waals surface area contributed by atoms with Gasteiger partial charge in [0.2, 0.25) is 0 Å². The predicted octanol–water partition coefficient (Wildman–Crippen LogP) is 7.42. The smallest absolute Gasteiger partial charge is 0.416 e. The fourth-order valence-electron chi connectivity index (χ4n) is 5.52. The molecule has 5 rings (SSSR count). The number of fused-ring (bicyclic) bond motifs is 3. The van der Waals surface area contributed by atoms with E-state index in [1.165, 1.54) is 30.5 Å². The number of methoxy groups -OCH3 is 2. The Morgan fingerprint density at radius 3 is 2.39 bits per heavy atom. The van der Waals surface area contributed by atoms with E-state index in [0.717, 1.165) is 53.1 Å². The molecule has 2 aliphatic rings. The van der Waals surface area contributed by atoms with Gasteiger partial charge in [-0.2, -0.15) is 13.2 Å². The standard InChI is InChI=1S/C32H33F3N2O4/c1-20(37-41-16-15-40-24-8-6-7-23(17-24)32(33,34)35)21-11-13-22(14-12-21)31-27-19-30(39-3)29(38-2)18-26(27)25-9-4-5-10-28(25)36-31/h6-8,11-14,17-19,25,28H,4-5,9-10,15-16H2,1-3H3/t25-,28-/m1/s1. The number of hydrogen-bond donors (Lipinski definition) is 0. The molecule has 1 saturated carbocycles. The minimum Gasteiger partial charge on any atom is -0.493 e. The molecular weight excluding hydrogens is 533 g/mol. The normalized spacial score (nSPS) is 18.6. The van der Waals surface area contributed by atoms with Crippen LogP contribution < -0.4 is 14.2 Å². The lowest BCUT2D eigenvalue weighted by atomic mass is 9.75. The molecule has 0 saturated heterocycles. The highest BCUT2D eigenvalue weighted by Crippen LogP contribution is 2.44. The molecule has 1 aliphatic carbocycles. The summed E-state index contributed by atoms with van der Waals surface area (Å²) in [7, 11) is 3.31. The first kappa shape index (κ1) is 28.5. The average Bonchev–Trinajstić information content (AvgIpc) is 2.99. The molecule has 3 aromatic rings. The molecule has 9 heteroatoms. The van der Waals surface area contributed by atoms with Gasteiger partial charge in [-0.25, -0.2) is 0 Å². The molecule has 0 aromatic heterocycles. The average molecular weight is 567 g/mol. The Hall–Kier alpha value is -4.01. The van der Waals surface area contributed by atoms with Crippen LogP contribution in [-0.4, -0.2) is 44.9 Å². The Bertz CT molecular complexity index is 1430. The van der Waals surface area contributed by atoms with Crippen molar-refractivity contribution in [2.75, 3.05) is 27.4 Å². The zero-order valence-corrected chi connectivity index (χ0v) is 23.3. The zero-order valence-electron chi connectivity index (χ0n) is 23.3. The lowest BCUT2D eigenvalue weighted by molar-refractivity contribution is -0.137. The van der Waals surface area contributed by atoms with E-state index in [-0.39, 0.29) is 25.0 Å². The largest absolute Gasteiger partial charge is 0.493 e. The summed E-state index contributed by atoms with van der Waals surface area (Å²) in [6, 6.07) is 17.2. The van der Waals surface area contributed by atoms with Crippen LogP contribution in [0.1, 0.15) is 66.3 Å². The van der Waals surface area contributed by atoms with Crippen LogP contribution in [0.3, 0.4) is 0 Å². The molecule has 0 unspecified atom stereocenters. The van der Waals surface area contributed by atoms with E-state index in [0.29, 0.717) is 17.4 Å². The van der Waals surface area contributed by atoms with Crippen LogP contribution in [-0.2, 0) is 11.0 Å². The third-order valence-electron chi connectivity index (χ3n) is 7.62. The van der Waals surface area contributed by atoms with E-state index in [9.17, 15) is 13.2 Å². The number of nitrogens with zero attached hydrogens (tertiary/aromatic N) is 2. The molecule has 3 aromatic carbocycles. The number of ether oxygens (including phenoxy) is 3. The van der Waals surface area contributed by atoms with Crippen LogP contribution in [0.25, 0.3) is 0 Å². The van der Waals surface area contributed by atoms with Crippen LogP contribution in [0.2, 0.25) is 0 Å². The monoisotopic (exact) mass is 566 g/mol. The van der Waals surface area contributed by atoms with Gasteiger partial charge in [0.25, 0.3) is 0 Å². The van der Waals surface area contributed by atoms with Crippen LogP contribution in [0.4, 0.5) is 13.2 Å². The summed E-state index contributed by atoms with van der Waals surface area (Å²) in [6.45, 7) is 1.99.